The molecule has 156 valence electrons. The highest BCUT2D eigenvalue weighted by Crippen LogP contribution is 2.30. The van der Waals surface area contributed by atoms with Gasteiger partial charge >= 0.3 is 0 Å². The molecule has 28 heavy (non-hydrogen) atoms. The van der Waals surface area contributed by atoms with Crippen LogP contribution in [0.25, 0.3) is 0 Å². The molecule has 1 aliphatic carbocycles. The zero-order chi connectivity index (χ0) is 19.2. The molecule has 0 bridgehead atoms. The highest BCUT2D eigenvalue weighted by Gasteiger charge is 2.31. The second-order valence-electron chi connectivity index (χ2n) is 7.64. The molecule has 6 nitrogen and oxygen atoms in total. The first-order valence-corrected chi connectivity index (χ1v) is 10.0. The van der Waals surface area contributed by atoms with Gasteiger partial charge in [0, 0.05) is 43.6 Å². The summed E-state index contributed by atoms with van der Waals surface area (Å²) in [6.07, 6.45) is 4.53. The fraction of sp³-hybridized carbons (Fsp3) is 0.619. The number of para-hydroxylation sites is 1. The minimum Gasteiger partial charge on any atom is -0.496 e. The molecule has 1 aliphatic heterocycles. The van der Waals surface area contributed by atoms with Gasteiger partial charge in [0.2, 0.25) is 11.8 Å². The smallest absolute Gasteiger partial charge is 0.225 e. The van der Waals surface area contributed by atoms with Gasteiger partial charge < -0.3 is 20.3 Å². The summed E-state index contributed by atoms with van der Waals surface area (Å²) in [5, 5.41) is 6.42. The molecule has 0 radical (unpaired) electrons. The van der Waals surface area contributed by atoms with Crippen LogP contribution in [0.3, 0.4) is 0 Å². The van der Waals surface area contributed by atoms with Gasteiger partial charge in [0.15, 0.2) is 0 Å². The number of benzene rings is 1. The molecular weight excluding hydrogens is 378 g/mol. The zero-order valence-corrected chi connectivity index (χ0v) is 17.6. The van der Waals surface area contributed by atoms with E-state index in [-0.39, 0.29) is 42.2 Å². The largest absolute Gasteiger partial charge is 0.496 e. The summed E-state index contributed by atoms with van der Waals surface area (Å²) in [7, 11) is 1.65. The van der Waals surface area contributed by atoms with Crippen LogP contribution in [0.4, 0.5) is 0 Å². The molecule has 1 aromatic carbocycles. The van der Waals surface area contributed by atoms with Crippen LogP contribution in [0.15, 0.2) is 24.3 Å². The van der Waals surface area contributed by atoms with Crippen molar-refractivity contribution in [2.75, 3.05) is 26.7 Å². The van der Waals surface area contributed by atoms with Crippen molar-refractivity contribution >= 4 is 24.2 Å². The molecular formula is C21H32ClN3O3. The lowest BCUT2D eigenvalue weighted by atomic mass is 10.0. The average molecular weight is 410 g/mol. The number of methoxy groups -OCH3 is 1. The Kier molecular flexibility index (Phi) is 8.58. The maximum atomic E-state index is 13.0. The van der Waals surface area contributed by atoms with Crippen molar-refractivity contribution in [3.8, 4) is 5.75 Å². The van der Waals surface area contributed by atoms with Crippen molar-refractivity contribution in [1.29, 1.82) is 0 Å². The fourth-order valence-corrected chi connectivity index (χ4v) is 4.20. The zero-order valence-electron chi connectivity index (χ0n) is 16.8. The molecule has 2 unspecified atom stereocenters. The van der Waals surface area contributed by atoms with E-state index < -0.39 is 0 Å². The van der Waals surface area contributed by atoms with Gasteiger partial charge in [0.1, 0.15) is 5.75 Å². The van der Waals surface area contributed by atoms with Crippen molar-refractivity contribution in [2.45, 2.75) is 51.1 Å². The molecule has 2 amide bonds. The van der Waals surface area contributed by atoms with E-state index in [1.807, 2.05) is 36.1 Å². The van der Waals surface area contributed by atoms with Crippen molar-refractivity contribution < 1.29 is 14.3 Å². The van der Waals surface area contributed by atoms with Gasteiger partial charge in [-0.05, 0) is 25.8 Å². The Morgan fingerprint density at radius 3 is 2.71 bits per heavy atom. The Balaban J connectivity index is 0.00000280. The Morgan fingerprint density at radius 1 is 1.29 bits per heavy atom. The summed E-state index contributed by atoms with van der Waals surface area (Å²) in [5.41, 5.74) is 1.02. The molecule has 2 aliphatic rings. The first-order valence-electron chi connectivity index (χ1n) is 10.0. The number of piperazine rings is 1. The van der Waals surface area contributed by atoms with Crippen LogP contribution in [0, 0.1) is 5.92 Å². The number of rotatable bonds is 6. The number of amides is 2. The first-order chi connectivity index (χ1) is 13.1. The van der Waals surface area contributed by atoms with Crippen LogP contribution in [0.1, 0.15) is 50.6 Å². The molecule has 1 heterocycles. The van der Waals surface area contributed by atoms with E-state index in [2.05, 4.69) is 10.6 Å². The predicted molar refractivity (Wildman–Crippen MR) is 112 cm³/mol. The number of nitrogens with zero attached hydrogens (tertiary/aromatic N) is 1. The second kappa shape index (κ2) is 10.7. The molecule has 1 saturated carbocycles. The second-order valence-corrected chi connectivity index (χ2v) is 7.64. The molecule has 1 saturated heterocycles. The number of halogens is 1. The Labute approximate surface area is 173 Å². The molecule has 2 fully saturated rings. The van der Waals surface area contributed by atoms with Crippen LogP contribution in [-0.2, 0) is 9.59 Å². The maximum Gasteiger partial charge on any atom is 0.225 e. The van der Waals surface area contributed by atoms with E-state index in [1.165, 1.54) is 0 Å². The van der Waals surface area contributed by atoms with Gasteiger partial charge in [-0.3, -0.25) is 9.59 Å². The summed E-state index contributed by atoms with van der Waals surface area (Å²) in [5.74, 6) is 1.11. The lowest BCUT2D eigenvalue weighted by molar-refractivity contribution is -0.135. The molecule has 2 atom stereocenters. The normalized spacial score (nSPS) is 20.9. The SMILES string of the molecule is COc1ccccc1C1CNCCN1C(=O)CC(C)NC(=O)C1CCCC1.Cl. The third-order valence-electron chi connectivity index (χ3n) is 5.66. The molecule has 1 aromatic rings. The van der Waals surface area contributed by atoms with Crippen molar-refractivity contribution in [3.63, 3.8) is 0 Å². The van der Waals surface area contributed by atoms with E-state index in [9.17, 15) is 9.59 Å². The number of ether oxygens (including phenoxy) is 1. The van der Waals surface area contributed by atoms with Crippen molar-refractivity contribution in [1.82, 2.24) is 15.5 Å². The van der Waals surface area contributed by atoms with Crippen LogP contribution in [-0.4, -0.2) is 49.5 Å². The minimum absolute atomic E-state index is 0. The topological polar surface area (TPSA) is 70.7 Å². The monoisotopic (exact) mass is 409 g/mol. The van der Waals surface area contributed by atoms with Gasteiger partial charge in [-0.2, -0.15) is 0 Å². The predicted octanol–water partition coefficient (Wildman–Crippen LogP) is 2.67. The van der Waals surface area contributed by atoms with Crippen LogP contribution < -0.4 is 15.4 Å². The quantitative estimate of drug-likeness (QED) is 0.757. The maximum absolute atomic E-state index is 13.0. The van der Waals surface area contributed by atoms with E-state index in [0.717, 1.165) is 43.5 Å². The molecule has 3 rings (SSSR count). The fourth-order valence-electron chi connectivity index (χ4n) is 4.20. The van der Waals surface area contributed by atoms with E-state index in [0.29, 0.717) is 19.5 Å². The Morgan fingerprint density at radius 2 is 2.00 bits per heavy atom. The summed E-state index contributed by atoms with van der Waals surface area (Å²) >= 11 is 0. The summed E-state index contributed by atoms with van der Waals surface area (Å²) in [6.45, 7) is 4.06. The minimum atomic E-state index is -0.154. The van der Waals surface area contributed by atoms with Gasteiger partial charge in [0.05, 0.1) is 13.2 Å². The van der Waals surface area contributed by atoms with Crippen LogP contribution in [0.2, 0.25) is 0 Å². The highest BCUT2D eigenvalue weighted by atomic mass is 35.5. The standard InChI is InChI=1S/C21H31N3O3.ClH/c1-15(23-21(26)16-7-3-4-8-16)13-20(25)24-12-11-22-14-18(24)17-9-5-6-10-19(17)27-2;/h5-6,9-10,15-16,18,22H,3-4,7-8,11-14H2,1-2H3,(H,23,26);1H. The van der Waals surface area contributed by atoms with Gasteiger partial charge in [0.25, 0.3) is 0 Å². The highest BCUT2D eigenvalue weighted by molar-refractivity contribution is 5.85. The van der Waals surface area contributed by atoms with Crippen LogP contribution >= 0.6 is 12.4 Å². The molecule has 7 heteroatoms. The molecule has 0 spiro atoms. The average Bonchev–Trinajstić information content (AvgIpc) is 3.23. The van der Waals surface area contributed by atoms with Gasteiger partial charge in [-0.25, -0.2) is 0 Å². The number of hydrogen-bond donors (Lipinski definition) is 2. The Bertz CT molecular complexity index is 664. The number of carbonyl (C=O) groups excluding carboxylic acids is 2. The van der Waals surface area contributed by atoms with E-state index >= 15 is 0 Å². The van der Waals surface area contributed by atoms with Crippen molar-refractivity contribution in [3.05, 3.63) is 29.8 Å². The number of nitrogens with one attached hydrogen (secondary N) is 2. The van der Waals surface area contributed by atoms with Gasteiger partial charge in [-0.1, -0.05) is 31.0 Å². The number of carbonyl (C=O) groups is 2. The molecule has 2 N–H and O–H groups in total. The Hall–Kier alpha value is -1.79. The summed E-state index contributed by atoms with van der Waals surface area (Å²) < 4.78 is 5.49. The third kappa shape index (κ3) is 5.39. The van der Waals surface area contributed by atoms with Crippen LogP contribution in [0.5, 0.6) is 5.75 Å². The van der Waals surface area contributed by atoms with E-state index in [4.69, 9.17) is 4.74 Å². The first kappa shape index (κ1) is 22.5. The molecule has 0 aromatic heterocycles. The number of hydrogen-bond acceptors (Lipinski definition) is 4. The van der Waals surface area contributed by atoms with Crippen molar-refractivity contribution in [2.24, 2.45) is 5.92 Å². The third-order valence-corrected chi connectivity index (χ3v) is 5.66. The lowest BCUT2D eigenvalue weighted by Gasteiger charge is -2.37. The summed E-state index contributed by atoms with van der Waals surface area (Å²) in [6, 6.07) is 7.64. The summed E-state index contributed by atoms with van der Waals surface area (Å²) in [4.78, 5) is 27.2. The van der Waals surface area contributed by atoms with E-state index in [1.54, 1.807) is 7.11 Å². The lowest BCUT2D eigenvalue weighted by Crippen LogP contribution is -2.50. The van der Waals surface area contributed by atoms with Gasteiger partial charge in [-0.15, -0.1) is 12.4 Å².